The van der Waals surface area contributed by atoms with Gasteiger partial charge in [0.25, 0.3) is 0 Å². The van der Waals surface area contributed by atoms with Crippen LogP contribution in [0.1, 0.15) is 32.3 Å². The number of para-hydroxylation sites is 1. The van der Waals surface area contributed by atoms with E-state index in [1.165, 1.54) is 5.69 Å². The minimum absolute atomic E-state index is 0.174. The third-order valence-electron chi connectivity index (χ3n) is 3.87. The number of amides is 1. The first kappa shape index (κ1) is 10.6. The summed E-state index contributed by atoms with van der Waals surface area (Å²) in [5, 5.41) is 3.09. The van der Waals surface area contributed by atoms with Crippen LogP contribution in [0, 0.1) is 6.92 Å². The maximum atomic E-state index is 12.3. The Morgan fingerprint density at radius 2 is 2.06 bits per heavy atom. The largest absolute Gasteiger partial charge is 0.353 e. The monoisotopic (exact) mass is 230 g/mol. The van der Waals surface area contributed by atoms with E-state index in [1.807, 2.05) is 13.0 Å². The summed E-state index contributed by atoms with van der Waals surface area (Å²) < 4.78 is 0. The fourth-order valence-corrected chi connectivity index (χ4v) is 2.94. The van der Waals surface area contributed by atoms with Gasteiger partial charge in [-0.3, -0.25) is 4.79 Å². The number of carbonyl (C=O) groups is 1. The van der Waals surface area contributed by atoms with Crippen molar-refractivity contribution in [3.8, 4) is 0 Å². The second-order valence-corrected chi connectivity index (χ2v) is 5.42. The lowest BCUT2D eigenvalue weighted by atomic mass is 10.0. The Balaban J connectivity index is 2.18. The lowest BCUT2D eigenvalue weighted by Gasteiger charge is -2.42. The van der Waals surface area contributed by atoms with Gasteiger partial charge >= 0.3 is 0 Å². The van der Waals surface area contributed by atoms with Crippen LogP contribution in [-0.4, -0.2) is 17.5 Å². The molecule has 90 valence electrons. The van der Waals surface area contributed by atoms with Gasteiger partial charge in [-0.25, -0.2) is 0 Å². The summed E-state index contributed by atoms with van der Waals surface area (Å²) >= 11 is 0. The summed E-state index contributed by atoms with van der Waals surface area (Å²) in [4.78, 5) is 14.6. The van der Waals surface area contributed by atoms with Crippen LogP contribution in [0.5, 0.6) is 0 Å². The summed E-state index contributed by atoms with van der Waals surface area (Å²) in [6.45, 7) is 6.36. The van der Waals surface area contributed by atoms with Crippen LogP contribution in [0.3, 0.4) is 0 Å². The first-order valence-corrected chi connectivity index (χ1v) is 6.27. The molecule has 1 fully saturated rings. The molecule has 0 bridgehead atoms. The molecule has 3 nitrogen and oxygen atoms in total. The Morgan fingerprint density at radius 3 is 2.65 bits per heavy atom. The molecule has 3 heteroatoms. The maximum absolute atomic E-state index is 12.3. The van der Waals surface area contributed by atoms with Crippen molar-refractivity contribution in [2.75, 3.05) is 10.2 Å². The van der Waals surface area contributed by atoms with Gasteiger partial charge in [-0.2, -0.15) is 0 Å². The predicted molar refractivity (Wildman–Crippen MR) is 69.4 cm³/mol. The molecule has 1 aliphatic carbocycles. The summed E-state index contributed by atoms with van der Waals surface area (Å²) in [5.74, 6) is 0.174. The molecule has 1 aliphatic heterocycles. The van der Waals surface area contributed by atoms with Gasteiger partial charge < -0.3 is 10.2 Å². The highest BCUT2D eigenvalue weighted by atomic mass is 16.2. The number of aryl methyl sites for hydroxylation is 1. The van der Waals surface area contributed by atoms with Crippen molar-refractivity contribution in [2.24, 2.45) is 0 Å². The molecule has 0 aromatic heterocycles. The van der Waals surface area contributed by atoms with Crippen molar-refractivity contribution < 1.29 is 4.79 Å². The summed E-state index contributed by atoms with van der Waals surface area (Å²) in [6.07, 6.45) is 1.95. The Hall–Kier alpha value is -1.51. The normalized spacial score (nSPS) is 20.5. The Morgan fingerprint density at radius 1 is 1.35 bits per heavy atom. The molecule has 1 heterocycles. The van der Waals surface area contributed by atoms with Crippen molar-refractivity contribution in [1.29, 1.82) is 0 Å². The van der Waals surface area contributed by atoms with E-state index in [1.54, 1.807) is 0 Å². The van der Waals surface area contributed by atoms with Crippen LogP contribution < -0.4 is 10.2 Å². The molecular formula is C14H18N2O. The average molecular weight is 230 g/mol. The van der Waals surface area contributed by atoms with Crippen molar-refractivity contribution >= 4 is 17.3 Å². The number of rotatable bonds is 1. The minimum atomic E-state index is -0.255. The van der Waals surface area contributed by atoms with E-state index in [0.29, 0.717) is 6.04 Å². The molecule has 1 amide bonds. The quantitative estimate of drug-likeness (QED) is 0.804. The molecule has 17 heavy (non-hydrogen) atoms. The summed E-state index contributed by atoms with van der Waals surface area (Å²) in [7, 11) is 0. The maximum Gasteiger partial charge on any atom is 0.250 e. The zero-order valence-corrected chi connectivity index (χ0v) is 10.6. The highest BCUT2D eigenvalue weighted by molar-refractivity contribution is 6.09. The molecule has 0 unspecified atom stereocenters. The van der Waals surface area contributed by atoms with Crippen LogP contribution in [0.2, 0.25) is 0 Å². The fourth-order valence-electron chi connectivity index (χ4n) is 2.94. The molecule has 1 aromatic rings. The van der Waals surface area contributed by atoms with Crippen molar-refractivity contribution in [2.45, 2.75) is 45.2 Å². The van der Waals surface area contributed by atoms with E-state index in [2.05, 4.69) is 36.2 Å². The van der Waals surface area contributed by atoms with Crippen LogP contribution in [-0.2, 0) is 4.79 Å². The fraction of sp³-hybridized carbons (Fsp3) is 0.500. The van der Waals surface area contributed by atoms with Crippen LogP contribution >= 0.6 is 0 Å². The lowest BCUT2D eigenvalue weighted by molar-refractivity contribution is -0.118. The van der Waals surface area contributed by atoms with E-state index < -0.39 is 0 Å². The van der Waals surface area contributed by atoms with E-state index in [-0.39, 0.29) is 11.4 Å². The number of anilines is 2. The lowest BCUT2D eigenvalue weighted by Crippen LogP contribution is -2.53. The van der Waals surface area contributed by atoms with Crippen molar-refractivity contribution in [1.82, 2.24) is 0 Å². The number of fused-ring (bicyclic) bond motifs is 1. The molecule has 1 saturated carbocycles. The molecule has 1 spiro atoms. The third kappa shape index (κ3) is 1.31. The van der Waals surface area contributed by atoms with Gasteiger partial charge in [0.15, 0.2) is 0 Å². The second-order valence-electron chi connectivity index (χ2n) is 5.42. The Bertz CT molecular complexity index is 489. The van der Waals surface area contributed by atoms with Gasteiger partial charge in [0.2, 0.25) is 5.91 Å². The molecule has 3 rings (SSSR count). The average Bonchev–Trinajstić information content (AvgIpc) is 3.03. The van der Waals surface area contributed by atoms with E-state index in [9.17, 15) is 4.79 Å². The number of hydrogen-bond acceptors (Lipinski definition) is 2. The number of hydrogen-bond donors (Lipinski definition) is 1. The van der Waals surface area contributed by atoms with E-state index in [4.69, 9.17) is 0 Å². The molecule has 0 atom stereocenters. The molecule has 0 saturated heterocycles. The molecule has 2 aliphatic rings. The van der Waals surface area contributed by atoms with Gasteiger partial charge in [0.05, 0.1) is 11.4 Å². The first-order chi connectivity index (χ1) is 8.06. The topological polar surface area (TPSA) is 32.3 Å². The van der Waals surface area contributed by atoms with Gasteiger partial charge in [-0.15, -0.1) is 0 Å². The molecule has 1 aromatic carbocycles. The second kappa shape index (κ2) is 3.25. The Labute approximate surface area is 102 Å². The van der Waals surface area contributed by atoms with E-state index in [0.717, 1.165) is 24.1 Å². The summed E-state index contributed by atoms with van der Waals surface area (Å²) in [6, 6.07) is 6.57. The van der Waals surface area contributed by atoms with Gasteiger partial charge in [0.1, 0.15) is 5.54 Å². The zero-order valence-electron chi connectivity index (χ0n) is 10.6. The summed E-state index contributed by atoms with van der Waals surface area (Å²) in [5.41, 5.74) is 3.05. The van der Waals surface area contributed by atoms with Crippen LogP contribution in [0.15, 0.2) is 18.2 Å². The first-order valence-electron chi connectivity index (χ1n) is 6.27. The Kier molecular flexibility index (Phi) is 2.03. The number of nitrogens with one attached hydrogen (secondary N) is 1. The number of benzene rings is 1. The van der Waals surface area contributed by atoms with Gasteiger partial charge in [-0.05, 0) is 45.2 Å². The number of nitrogens with zero attached hydrogens (tertiary/aromatic N) is 1. The van der Waals surface area contributed by atoms with Gasteiger partial charge in [-0.1, -0.05) is 12.1 Å². The predicted octanol–water partition coefficient (Wildman–Crippen LogP) is 2.69. The van der Waals surface area contributed by atoms with Gasteiger partial charge in [0, 0.05) is 6.04 Å². The highest BCUT2D eigenvalue weighted by Gasteiger charge is 2.58. The van der Waals surface area contributed by atoms with Crippen molar-refractivity contribution in [3.05, 3.63) is 23.8 Å². The van der Waals surface area contributed by atoms with E-state index >= 15 is 0 Å². The zero-order chi connectivity index (χ0) is 12.2. The number of carbonyl (C=O) groups excluding carboxylic acids is 1. The smallest absolute Gasteiger partial charge is 0.250 e. The SMILES string of the molecule is Cc1cccc2c1NC(=O)C1(CC1)N2C(C)C. The van der Waals surface area contributed by atoms with Crippen LogP contribution in [0.25, 0.3) is 0 Å². The van der Waals surface area contributed by atoms with Crippen LogP contribution in [0.4, 0.5) is 11.4 Å². The molecule has 1 N–H and O–H groups in total. The molecule has 0 radical (unpaired) electrons. The third-order valence-corrected chi connectivity index (χ3v) is 3.87. The highest BCUT2D eigenvalue weighted by Crippen LogP contribution is 2.51. The standard InChI is InChI=1S/C14H18N2O/c1-9(2)16-11-6-4-5-10(3)12(11)15-13(17)14(16)7-8-14/h4-6,9H,7-8H2,1-3H3,(H,15,17). The van der Waals surface area contributed by atoms with Crippen molar-refractivity contribution in [3.63, 3.8) is 0 Å². The minimum Gasteiger partial charge on any atom is -0.353 e. The molecular weight excluding hydrogens is 212 g/mol.